The summed E-state index contributed by atoms with van der Waals surface area (Å²) < 4.78 is 21.1. The molecule has 2 atom stereocenters. The zero-order valence-electron chi connectivity index (χ0n) is 36.8. The molecule has 0 saturated heterocycles. The monoisotopic (exact) mass is 925 g/mol. The predicted molar refractivity (Wildman–Crippen MR) is 249 cm³/mol. The number of imidazole rings is 1. The highest BCUT2D eigenvalue weighted by Gasteiger charge is 2.34. The number of benzene rings is 2. The standard InChI is InChI=1S/C45H41BClN11O7S/c1-21-37-39(26-11-13-27(47)14-12-26)50-32(18-36(60)64-7)42-54-53-25(5)58(42)44(37)66-41(21)43(61)52-46-51-35(59)20-56-33-19-49-31-16-29(38-22(2)55-65-24(38)4)34(63-6)17-28(31)40(33)57(45(56)62)23(3)30-10-8-9-15-48-30/h8-17,19,23,32,46H,18,20H2,1-7H3,(H,51,59)(H,52,61). The largest absolute Gasteiger partial charge is 0.496 e. The summed E-state index contributed by atoms with van der Waals surface area (Å²) >= 11 is 7.47. The van der Waals surface area contributed by atoms with Gasteiger partial charge in [0.2, 0.25) is 5.91 Å². The maximum atomic E-state index is 14.6. The van der Waals surface area contributed by atoms with E-state index < -0.39 is 35.6 Å². The number of ether oxygens (including phenoxy) is 2. The van der Waals surface area contributed by atoms with E-state index in [1.165, 1.54) is 23.0 Å². The van der Waals surface area contributed by atoms with Crippen LogP contribution in [0.5, 0.6) is 5.75 Å². The molecule has 0 spiro atoms. The minimum absolute atomic E-state index is 0.0876. The van der Waals surface area contributed by atoms with Gasteiger partial charge in [-0.25, -0.2) is 4.79 Å². The van der Waals surface area contributed by atoms with E-state index in [1.807, 2.05) is 64.1 Å². The Morgan fingerprint density at radius 2 is 1.79 bits per heavy atom. The van der Waals surface area contributed by atoms with Crippen molar-refractivity contribution in [3.05, 3.63) is 133 Å². The van der Waals surface area contributed by atoms with E-state index >= 15 is 0 Å². The van der Waals surface area contributed by atoms with Crippen LogP contribution < -0.4 is 20.9 Å². The fourth-order valence-corrected chi connectivity index (χ4v) is 9.86. The minimum atomic E-state index is -0.736. The SMILES string of the molecule is COC(=O)CC1N=C(c2ccc(Cl)cc2)c2c(sc(C(=O)NBNC(=O)Cn3c(=O)n(C(C)c4ccccn4)c4c5cc(OC)c(-c6c(C)noc6C)cc5ncc43)c2C)-n2c(C)nnc21. The molecule has 0 aliphatic carbocycles. The van der Waals surface area contributed by atoms with Crippen LogP contribution in [0.2, 0.25) is 5.02 Å². The molecule has 66 heavy (non-hydrogen) atoms. The molecule has 0 bridgehead atoms. The van der Waals surface area contributed by atoms with Crippen LogP contribution in [0.4, 0.5) is 0 Å². The molecule has 1 aliphatic heterocycles. The smallest absolute Gasteiger partial charge is 0.356 e. The van der Waals surface area contributed by atoms with E-state index in [-0.39, 0.29) is 20.5 Å². The fourth-order valence-electron chi connectivity index (χ4n) is 8.46. The summed E-state index contributed by atoms with van der Waals surface area (Å²) in [5.74, 6) is 0.611. The number of fused-ring (bicyclic) bond motifs is 6. The second-order valence-electron chi connectivity index (χ2n) is 15.7. The first-order chi connectivity index (χ1) is 31.8. The molecule has 8 aromatic rings. The predicted octanol–water partition coefficient (Wildman–Crippen LogP) is 5.82. The van der Waals surface area contributed by atoms with Crippen molar-refractivity contribution in [3.8, 4) is 21.9 Å². The number of methoxy groups -OCH3 is 2. The molecule has 1 aliphatic rings. The molecule has 0 saturated carbocycles. The van der Waals surface area contributed by atoms with E-state index in [1.54, 1.807) is 53.8 Å². The number of nitrogens with one attached hydrogen (secondary N) is 2. The van der Waals surface area contributed by atoms with Crippen LogP contribution in [-0.4, -0.2) is 84.3 Å². The summed E-state index contributed by atoms with van der Waals surface area (Å²) in [6.45, 7) is 8.75. The summed E-state index contributed by atoms with van der Waals surface area (Å²) in [4.78, 5) is 69.6. The number of carbonyl (C=O) groups is 3. The van der Waals surface area contributed by atoms with Crippen LogP contribution in [0.25, 0.3) is 38.1 Å². The lowest BCUT2D eigenvalue weighted by molar-refractivity contribution is -0.141. The van der Waals surface area contributed by atoms with E-state index in [0.717, 1.165) is 11.1 Å². The number of aliphatic imine (C=N–C) groups is 1. The Hall–Kier alpha value is -7.45. The molecule has 18 nitrogen and oxygen atoms in total. The van der Waals surface area contributed by atoms with E-state index in [0.29, 0.717) is 93.8 Å². The molecule has 0 radical (unpaired) electrons. The van der Waals surface area contributed by atoms with Crippen molar-refractivity contribution < 1.29 is 28.4 Å². The van der Waals surface area contributed by atoms with Crippen molar-refractivity contribution in [1.82, 2.24) is 49.5 Å². The summed E-state index contributed by atoms with van der Waals surface area (Å²) in [6, 6.07) is 15.0. The molecule has 21 heteroatoms. The Morgan fingerprint density at radius 3 is 2.48 bits per heavy atom. The van der Waals surface area contributed by atoms with E-state index in [2.05, 4.69) is 30.8 Å². The van der Waals surface area contributed by atoms with Gasteiger partial charge in [-0.05, 0) is 76.6 Å². The van der Waals surface area contributed by atoms with Crippen LogP contribution in [0.15, 0.2) is 81.3 Å². The molecule has 2 N–H and O–H groups in total. The lowest BCUT2D eigenvalue weighted by Crippen LogP contribution is -2.43. The Kier molecular flexibility index (Phi) is 11.6. The highest BCUT2D eigenvalue weighted by Crippen LogP contribution is 2.41. The number of rotatable bonds is 12. The van der Waals surface area contributed by atoms with Gasteiger partial charge in [0, 0.05) is 33.3 Å². The highest BCUT2D eigenvalue weighted by molar-refractivity contribution is 7.17. The Morgan fingerprint density at radius 1 is 1.00 bits per heavy atom. The van der Waals surface area contributed by atoms with E-state index in [4.69, 9.17) is 35.6 Å². The average molecular weight is 926 g/mol. The number of hydrogen-bond acceptors (Lipinski definition) is 14. The normalized spacial score (nSPS) is 13.7. The number of esters is 1. The van der Waals surface area contributed by atoms with Gasteiger partial charge in [0.1, 0.15) is 34.9 Å². The molecule has 2 amide bonds. The van der Waals surface area contributed by atoms with Gasteiger partial charge >= 0.3 is 19.2 Å². The summed E-state index contributed by atoms with van der Waals surface area (Å²) in [5, 5.41) is 20.2. The summed E-state index contributed by atoms with van der Waals surface area (Å²) in [7, 11) is 2.62. The number of pyridine rings is 2. The molecule has 7 heterocycles. The first-order valence-electron chi connectivity index (χ1n) is 20.8. The summed E-state index contributed by atoms with van der Waals surface area (Å²) in [6.07, 6.45) is 3.15. The van der Waals surface area contributed by atoms with Gasteiger partial charge in [0.05, 0.1) is 77.0 Å². The number of carbonyl (C=O) groups excluding carboxylic acids is 3. The lowest BCUT2D eigenvalue weighted by Gasteiger charge is -2.15. The Bertz CT molecular complexity index is 3320. The third-order valence-electron chi connectivity index (χ3n) is 11.7. The fraction of sp³-hybridized carbons (Fsp3) is 0.244. The van der Waals surface area contributed by atoms with Gasteiger partial charge in [-0.2, -0.15) is 0 Å². The maximum absolute atomic E-state index is 14.6. The van der Waals surface area contributed by atoms with Gasteiger partial charge in [-0.1, -0.05) is 35.0 Å². The van der Waals surface area contributed by atoms with Crippen LogP contribution in [-0.2, 0) is 20.9 Å². The maximum Gasteiger partial charge on any atom is 0.356 e. The Labute approximate surface area is 385 Å². The van der Waals surface area contributed by atoms with Gasteiger partial charge < -0.3 is 24.5 Å². The third kappa shape index (κ3) is 7.60. The number of aromatic nitrogens is 8. The highest BCUT2D eigenvalue weighted by atomic mass is 35.5. The van der Waals surface area contributed by atoms with Crippen molar-refractivity contribution >= 4 is 75.9 Å². The summed E-state index contributed by atoms with van der Waals surface area (Å²) in [5.41, 5.74) is 6.40. The number of thiophene rings is 1. The molecule has 0 fully saturated rings. The third-order valence-corrected chi connectivity index (χ3v) is 13.2. The van der Waals surface area contributed by atoms with Crippen LogP contribution >= 0.6 is 22.9 Å². The lowest BCUT2D eigenvalue weighted by atomic mass is 9.99. The van der Waals surface area contributed by atoms with Gasteiger partial charge in [0.15, 0.2) is 5.82 Å². The number of aryl methyl sites for hydroxylation is 3. The van der Waals surface area contributed by atoms with Crippen molar-refractivity contribution in [2.24, 2.45) is 4.99 Å². The van der Waals surface area contributed by atoms with Crippen molar-refractivity contribution in [1.29, 1.82) is 0 Å². The number of halogens is 1. The quantitative estimate of drug-likeness (QED) is 0.110. The second kappa shape index (κ2) is 17.5. The molecule has 6 aromatic heterocycles. The van der Waals surface area contributed by atoms with Crippen molar-refractivity contribution in [3.63, 3.8) is 0 Å². The zero-order valence-corrected chi connectivity index (χ0v) is 38.4. The van der Waals surface area contributed by atoms with Crippen LogP contribution in [0.3, 0.4) is 0 Å². The van der Waals surface area contributed by atoms with Crippen molar-refractivity contribution in [2.45, 2.75) is 59.7 Å². The molecule has 9 rings (SSSR count). The molecule has 334 valence electrons. The first kappa shape index (κ1) is 43.8. The molecule has 2 aromatic carbocycles. The van der Waals surface area contributed by atoms with Gasteiger partial charge in [0.25, 0.3) is 5.91 Å². The molecule has 2 unspecified atom stereocenters. The molecular weight excluding hydrogens is 885 g/mol. The average Bonchev–Trinajstić information content (AvgIpc) is 4.02. The van der Waals surface area contributed by atoms with Gasteiger partial charge in [-0.15, -0.1) is 21.5 Å². The first-order valence-corrected chi connectivity index (χ1v) is 22.0. The Balaban J connectivity index is 1.02. The minimum Gasteiger partial charge on any atom is -0.496 e. The van der Waals surface area contributed by atoms with Gasteiger partial charge in [-0.3, -0.25) is 43.0 Å². The van der Waals surface area contributed by atoms with E-state index in [9.17, 15) is 19.2 Å². The van der Waals surface area contributed by atoms with Crippen LogP contribution in [0, 0.1) is 27.7 Å². The number of hydrogen-bond donors (Lipinski definition) is 2. The molecular formula is C45H41BClN11O7S. The number of nitrogens with zero attached hydrogens (tertiary/aromatic N) is 9. The number of amides is 2. The zero-order chi connectivity index (χ0) is 46.6. The van der Waals surface area contributed by atoms with Crippen molar-refractivity contribution in [2.75, 3.05) is 14.2 Å². The van der Waals surface area contributed by atoms with Crippen LogP contribution in [0.1, 0.15) is 80.6 Å². The second-order valence-corrected chi connectivity index (χ2v) is 17.1. The topological polar surface area (TPSA) is 216 Å².